The molecule has 12 heteroatoms. The summed E-state index contributed by atoms with van der Waals surface area (Å²) in [5, 5.41) is 0. The van der Waals surface area contributed by atoms with Crippen molar-refractivity contribution in [3.05, 3.63) is 89.1 Å². The minimum Gasteiger partial charge on any atom is -0.475 e. The quantitative estimate of drug-likeness (QED) is 0.211. The van der Waals surface area contributed by atoms with Gasteiger partial charge in [0.05, 0.1) is 28.9 Å². The van der Waals surface area contributed by atoms with Crippen molar-refractivity contribution >= 4 is 40.1 Å². The molecule has 262 valence electrons. The molecule has 4 aromatic rings. The van der Waals surface area contributed by atoms with Gasteiger partial charge in [-0.05, 0) is 87.9 Å². The number of aromatic nitrogens is 3. The lowest BCUT2D eigenvalue weighted by atomic mass is 9.87. The Labute approximate surface area is 296 Å². The second kappa shape index (κ2) is 15.1. The number of pyridine rings is 1. The number of halogens is 1. The van der Waals surface area contributed by atoms with Crippen molar-refractivity contribution in [1.82, 2.24) is 19.9 Å². The predicted molar refractivity (Wildman–Crippen MR) is 197 cm³/mol. The normalized spacial score (nSPS) is 16.0. The number of hydrogen-bond donors (Lipinski definition) is 1. The first-order chi connectivity index (χ1) is 22.6. The molecule has 1 atom stereocenters. The molecule has 0 saturated heterocycles. The maximum absolute atomic E-state index is 14.5. The van der Waals surface area contributed by atoms with E-state index >= 15 is 0 Å². The van der Waals surface area contributed by atoms with E-state index in [0.29, 0.717) is 12.1 Å². The minimum atomic E-state index is -4.17. The third-order valence-electron chi connectivity index (χ3n) is 8.41. The van der Waals surface area contributed by atoms with Crippen molar-refractivity contribution in [2.24, 2.45) is 5.41 Å². The molecule has 1 amide bonds. The van der Waals surface area contributed by atoms with Crippen molar-refractivity contribution in [2.75, 3.05) is 22.8 Å². The molecule has 4 bridgehead atoms. The zero-order chi connectivity index (χ0) is 34.8. The number of benzene rings is 2. The maximum atomic E-state index is 14.5. The molecule has 2 aromatic carbocycles. The molecule has 1 aliphatic rings. The zero-order valence-electron chi connectivity index (χ0n) is 29.5. The van der Waals surface area contributed by atoms with E-state index in [1.807, 2.05) is 50.2 Å². The average molecular weight is 707 g/mol. The Morgan fingerprint density at radius 2 is 1.65 bits per heavy atom. The summed E-state index contributed by atoms with van der Waals surface area (Å²) in [6.07, 6.45) is 0.601. The van der Waals surface area contributed by atoms with Crippen LogP contribution < -0.4 is 14.4 Å². The SMILES string of the molecule is CCN(c1cccc(CN2C(=O)c3cccc(c3)S(=O)(=O)Nc3nc(cc(-c4c(C)cccc4C)n3)OC[C@H]2CC(C)(C)C)n1)C(C)C.Cl. The third kappa shape index (κ3) is 8.88. The Kier molecular flexibility index (Phi) is 11.6. The Balaban J connectivity index is 0.00000541. The summed E-state index contributed by atoms with van der Waals surface area (Å²) < 4.78 is 36.3. The Morgan fingerprint density at radius 3 is 2.31 bits per heavy atom. The summed E-state index contributed by atoms with van der Waals surface area (Å²) in [6.45, 7) is 17.8. The van der Waals surface area contributed by atoms with Crippen LogP contribution in [0.25, 0.3) is 11.3 Å². The molecule has 0 aliphatic carbocycles. The van der Waals surface area contributed by atoms with Crippen LogP contribution >= 0.6 is 12.4 Å². The molecular formula is C37H47ClN6O4S. The number of fused-ring (bicyclic) bond motifs is 4. The van der Waals surface area contributed by atoms with Crippen LogP contribution in [0.15, 0.2) is 71.6 Å². The van der Waals surface area contributed by atoms with Gasteiger partial charge in [-0.1, -0.05) is 51.1 Å². The summed E-state index contributed by atoms with van der Waals surface area (Å²) >= 11 is 0. The maximum Gasteiger partial charge on any atom is 0.264 e. The number of amides is 1. The summed E-state index contributed by atoms with van der Waals surface area (Å²) in [5.41, 5.74) is 4.14. The summed E-state index contributed by atoms with van der Waals surface area (Å²) in [7, 11) is -4.17. The molecule has 1 N–H and O–H groups in total. The van der Waals surface area contributed by atoms with Crippen LogP contribution in [0.3, 0.4) is 0 Å². The molecule has 0 spiro atoms. The van der Waals surface area contributed by atoms with Gasteiger partial charge in [-0.25, -0.2) is 23.1 Å². The number of aryl methyl sites for hydroxylation is 2. The lowest BCUT2D eigenvalue weighted by Gasteiger charge is -2.36. The van der Waals surface area contributed by atoms with Gasteiger partial charge in [0, 0.05) is 29.8 Å². The predicted octanol–water partition coefficient (Wildman–Crippen LogP) is 7.45. The minimum absolute atomic E-state index is 0. The first kappa shape index (κ1) is 37.6. The Bertz CT molecular complexity index is 1890. The standard InChI is InChI=1S/C37H46N6O4S.ClH/c1-9-42(24(2)3)32-18-12-16-28(38-32)22-43-29(21-37(6,7)8)23-47-33-20-31(34-25(4)13-10-14-26(34)5)39-36(40-33)41-48(45,46)30-17-11-15-27(19-30)35(43)44;/h10-20,24,29H,9,21-23H2,1-8H3,(H,39,40,41);1H/t29-;/m1./s1. The first-order valence-electron chi connectivity index (χ1n) is 16.4. The van der Waals surface area contributed by atoms with Gasteiger partial charge in [0.15, 0.2) is 0 Å². The summed E-state index contributed by atoms with van der Waals surface area (Å²) in [5.74, 6) is 0.602. The molecule has 2 aromatic heterocycles. The second-order valence-corrected chi connectivity index (χ2v) is 15.5. The Morgan fingerprint density at radius 1 is 0.980 bits per heavy atom. The highest BCUT2D eigenvalue weighted by Crippen LogP contribution is 2.32. The summed E-state index contributed by atoms with van der Waals surface area (Å²) in [4.78, 5) is 32.5. The van der Waals surface area contributed by atoms with Gasteiger partial charge in [0.2, 0.25) is 11.8 Å². The van der Waals surface area contributed by atoms with Crippen LogP contribution in [0.4, 0.5) is 11.8 Å². The molecule has 0 radical (unpaired) electrons. The van der Waals surface area contributed by atoms with Crippen LogP contribution in [-0.2, 0) is 16.6 Å². The van der Waals surface area contributed by atoms with Gasteiger partial charge in [0.25, 0.3) is 15.9 Å². The summed E-state index contributed by atoms with van der Waals surface area (Å²) in [6, 6.07) is 19.4. The number of carbonyl (C=O) groups excluding carboxylic acids is 1. The van der Waals surface area contributed by atoms with E-state index in [-0.39, 0.29) is 65.2 Å². The van der Waals surface area contributed by atoms with Crippen LogP contribution in [0.5, 0.6) is 5.88 Å². The van der Waals surface area contributed by atoms with Gasteiger partial charge in [-0.3, -0.25) is 4.79 Å². The fourth-order valence-corrected chi connectivity index (χ4v) is 7.22. The van der Waals surface area contributed by atoms with Gasteiger partial charge >= 0.3 is 0 Å². The van der Waals surface area contributed by atoms with Crippen LogP contribution in [0.2, 0.25) is 0 Å². The highest BCUT2D eigenvalue weighted by Gasteiger charge is 2.32. The van der Waals surface area contributed by atoms with E-state index in [2.05, 4.69) is 61.1 Å². The first-order valence-corrected chi connectivity index (χ1v) is 17.9. The molecule has 10 nitrogen and oxygen atoms in total. The van der Waals surface area contributed by atoms with E-state index < -0.39 is 16.1 Å². The van der Waals surface area contributed by atoms with E-state index in [1.165, 1.54) is 12.1 Å². The smallest absolute Gasteiger partial charge is 0.264 e. The van der Waals surface area contributed by atoms with Crippen molar-refractivity contribution < 1.29 is 17.9 Å². The third-order valence-corrected chi connectivity index (χ3v) is 9.74. The number of ether oxygens (including phenoxy) is 1. The van der Waals surface area contributed by atoms with E-state index in [0.717, 1.165) is 34.7 Å². The van der Waals surface area contributed by atoms with Crippen molar-refractivity contribution in [3.63, 3.8) is 0 Å². The van der Waals surface area contributed by atoms with Gasteiger partial charge < -0.3 is 14.5 Å². The average Bonchev–Trinajstić information content (AvgIpc) is 3.01. The Hall–Kier alpha value is -4.22. The topological polar surface area (TPSA) is 118 Å². The highest BCUT2D eigenvalue weighted by molar-refractivity contribution is 7.92. The molecule has 0 fully saturated rings. The van der Waals surface area contributed by atoms with Crippen molar-refractivity contribution in [2.45, 2.75) is 85.3 Å². The lowest BCUT2D eigenvalue weighted by molar-refractivity contribution is 0.0509. The monoisotopic (exact) mass is 706 g/mol. The molecule has 5 rings (SSSR count). The number of rotatable bonds is 7. The highest BCUT2D eigenvalue weighted by atomic mass is 35.5. The zero-order valence-corrected chi connectivity index (χ0v) is 31.2. The number of hydrogen-bond acceptors (Lipinski definition) is 8. The van der Waals surface area contributed by atoms with E-state index in [1.54, 1.807) is 23.1 Å². The van der Waals surface area contributed by atoms with Crippen LogP contribution in [0, 0.1) is 19.3 Å². The number of nitrogens with zero attached hydrogens (tertiary/aromatic N) is 5. The van der Waals surface area contributed by atoms with Gasteiger partial charge in [-0.15, -0.1) is 12.4 Å². The molecule has 0 unspecified atom stereocenters. The van der Waals surface area contributed by atoms with Crippen molar-refractivity contribution in [3.8, 4) is 17.1 Å². The molecular weight excluding hydrogens is 660 g/mol. The molecule has 3 heterocycles. The molecule has 49 heavy (non-hydrogen) atoms. The molecule has 1 aliphatic heterocycles. The molecule has 0 saturated carbocycles. The fourth-order valence-electron chi connectivity index (χ4n) is 6.23. The van der Waals surface area contributed by atoms with Gasteiger partial charge in [0.1, 0.15) is 12.4 Å². The van der Waals surface area contributed by atoms with Crippen LogP contribution in [0.1, 0.15) is 75.1 Å². The van der Waals surface area contributed by atoms with E-state index in [4.69, 9.17) is 9.72 Å². The number of nitrogens with one attached hydrogen (secondary N) is 1. The van der Waals surface area contributed by atoms with Crippen LogP contribution in [-0.4, -0.2) is 59.4 Å². The lowest BCUT2D eigenvalue weighted by Crippen LogP contribution is -2.45. The number of carbonyl (C=O) groups is 1. The number of anilines is 2. The van der Waals surface area contributed by atoms with Crippen molar-refractivity contribution in [1.29, 1.82) is 0 Å². The van der Waals surface area contributed by atoms with Gasteiger partial charge in [-0.2, -0.15) is 4.98 Å². The largest absolute Gasteiger partial charge is 0.475 e. The number of sulfonamides is 1. The second-order valence-electron chi connectivity index (χ2n) is 13.8. The fraction of sp³-hybridized carbons (Fsp3) is 0.405. The van der Waals surface area contributed by atoms with E-state index in [9.17, 15) is 13.2 Å².